The van der Waals surface area contributed by atoms with Crippen LogP contribution >= 0.6 is 0 Å². The molecule has 1 N–H and O–H groups in total. The number of carbonyl (C=O) groups is 1. The molecule has 0 fully saturated rings. The van der Waals surface area contributed by atoms with Crippen LogP contribution in [0.4, 0.5) is 4.79 Å². The normalized spacial score (nSPS) is 12.9. The van der Waals surface area contributed by atoms with Gasteiger partial charge in [0.15, 0.2) is 0 Å². The number of nitrogens with zero attached hydrogens (tertiary/aromatic N) is 1. The van der Waals surface area contributed by atoms with E-state index in [-0.39, 0.29) is 6.54 Å². The molecule has 0 spiro atoms. The molecule has 0 aromatic heterocycles. The van der Waals surface area contributed by atoms with Gasteiger partial charge in [0.25, 0.3) is 0 Å². The third-order valence-electron chi connectivity index (χ3n) is 2.35. The summed E-state index contributed by atoms with van der Waals surface area (Å²) in [5, 5.41) is 9.50. The maximum absolute atomic E-state index is 12.1. The zero-order valence-corrected chi connectivity index (χ0v) is 12.1. The molecule has 0 aliphatic carbocycles. The van der Waals surface area contributed by atoms with Gasteiger partial charge in [-0.3, -0.25) is 0 Å². The first-order chi connectivity index (χ1) is 8.78. The van der Waals surface area contributed by atoms with Crippen molar-refractivity contribution in [1.82, 2.24) is 4.90 Å². The van der Waals surface area contributed by atoms with E-state index in [0.717, 1.165) is 5.56 Å². The minimum Gasteiger partial charge on any atom is -0.444 e. The molecule has 1 aromatic carbocycles. The zero-order valence-electron chi connectivity index (χ0n) is 12.1. The highest BCUT2D eigenvalue weighted by molar-refractivity contribution is 5.68. The van der Waals surface area contributed by atoms with Crippen molar-refractivity contribution in [2.24, 2.45) is 0 Å². The van der Waals surface area contributed by atoms with Crippen molar-refractivity contribution >= 4 is 6.09 Å². The maximum atomic E-state index is 12.1. The summed E-state index contributed by atoms with van der Waals surface area (Å²) < 4.78 is 5.35. The molecule has 0 saturated carbocycles. The molecular weight excluding hydrogens is 242 g/mol. The third-order valence-corrected chi connectivity index (χ3v) is 2.35. The summed E-state index contributed by atoms with van der Waals surface area (Å²) in [5.41, 5.74) is 0.471. The first kappa shape index (κ1) is 15.5. The topological polar surface area (TPSA) is 49.8 Å². The van der Waals surface area contributed by atoms with E-state index in [1.54, 1.807) is 6.92 Å². The molecule has 0 heterocycles. The Balaban J connectivity index is 2.74. The number of ether oxygens (including phenoxy) is 1. The van der Waals surface area contributed by atoms with Crippen LogP contribution in [-0.2, 0) is 11.3 Å². The Morgan fingerprint density at radius 1 is 1.32 bits per heavy atom. The van der Waals surface area contributed by atoms with E-state index >= 15 is 0 Å². The van der Waals surface area contributed by atoms with Crippen LogP contribution in [0.25, 0.3) is 0 Å². The lowest BCUT2D eigenvalue weighted by Crippen LogP contribution is -2.40. The van der Waals surface area contributed by atoms with E-state index in [1.165, 1.54) is 4.90 Å². The molecule has 106 valence electrons. The van der Waals surface area contributed by atoms with Crippen molar-refractivity contribution in [2.45, 2.75) is 45.9 Å². The number of hydrogen-bond acceptors (Lipinski definition) is 3. The van der Waals surface area contributed by atoms with Crippen molar-refractivity contribution in [3.05, 3.63) is 35.9 Å². The highest BCUT2D eigenvalue weighted by Crippen LogP contribution is 2.13. The summed E-state index contributed by atoms with van der Waals surface area (Å²) in [6, 6.07) is 9.66. The molecule has 19 heavy (non-hydrogen) atoms. The van der Waals surface area contributed by atoms with Crippen LogP contribution in [0, 0.1) is 0 Å². The van der Waals surface area contributed by atoms with Crippen LogP contribution in [-0.4, -0.2) is 34.3 Å². The molecule has 4 heteroatoms. The van der Waals surface area contributed by atoms with Crippen molar-refractivity contribution in [3.8, 4) is 0 Å². The lowest BCUT2D eigenvalue weighted by Gasteiger charge is -2.28. The highest BCUT2D eigenvalue weighted by atomic mass is 16.6. The van der Waals surface area contributed by atoms with E-state index in [4.69, 9.17) is 4.74 Å². The molecule has 1 aromatic rings. The van der Waals surface area contributed by atoms with Gasteiger partial charge in [-0.15, -0.1) is 0 Å². The SMILES string of the molecule is C[C@@H](O)CN(Cc1ccccc1)C(=O)OC(C)(C)C. The monoisotopic (exact) mass is 265 g/mol. The molecule has 0 radical (unpaired) electrons. The summed E-state index contributed by atoms with van der Waals surface area (Å²) >= 11 is 0. The first-order valence-electron chi connectivity index (χ1n) is 6.48. The Labute approximate surface area is 115 Å². The lowest BCUT2D eigenvalue weighted by atomic mass is 10.2. The van der Waals surface area contributed by atoms with Crippen molar-refractivity contribution in [3.63, 3.8) is 0 Å². The number of benzene rings is 1. The van der Waals surface area contributed by atoms with Crippen LogP contribution in [0.3, 0.4) is 0 Å². The molecule has 1 amide bonds. The molecule has 0 unspecified atom stereocenters. The largest absolute Gasteiger partial charge is 0.444 e. The van der Waals surface area contributed by atoms with Gasteiger partial charge in [0, 0.05) is 6.54 Å². The minimum atomic E-state index is -0.587. The van der Waals surface area contributed by atoms with Gasteiger partial charge in [0.1, 0.15) is 5.60 Å². The Morgan fingerprint density at radius 2 is 1.89 bits per heavy atom. The Kier molecular flexibility index (Phi) is 5.36. The summed E-state index contributed by atoms with van der Waals surface area (Å²) in [5.74, 6) is 0. The van der Waals surface area contributed by atoms with Gasteiger partial charge >= 0.3 is 6.09 Å². The van der Waals surface area contributed by atoms with Crippen molar-refractivity contribution in [1.29, 1.82) is 0 Å². The van der Waals surface area contributed by atoms with E-state index in [1.807, 2.05) is 51.1 Å². The average Bonchev–Trinajstić information content (AvgIpc) is 2.26. The Bertz CT molecular complexity index is 396. The number of amides is 1. The van der Waals surface area contributed by atoms with E-state index in [2.05, 4.69) is 0 Å². The van der Waals surface area contributed by atoms with E-state index in [9.17, 15) is 9.90 Å². The third kappa shape index (κ3) is 6.25. The van der Waals surface area contributed by atoms with Gasteiger partial charge in [-0.05, 0) is 33.3 Å². The number of hydrogen-bond donors (Lipinski definition) is 1. The molecule has 0 saturated heterocycles. The fourth-order valence-electron chi connectivity index (χ4n) is 1.65. The first-order valence-corrected chi connectivity index (χ1v) is 6.48. The van der Waals surface area contributed by atoms with Crippen LogP contribution in [0.15, 0.2) is 30.3 Å². The molecule has 1 atom stereocenters. The number of aliphatic hydroxyl groups excluding tert-OH is 1. The van der Waals surface area contributed by atoms with Crippen LogP contribution in [0.1, 0.15) is 33.3 Å². The van der Waals surface area contributed by atoms with Gasteiger partial charge in [-0.25, -0.2) is 4.79 Å². The summed E-state index contributed by atoms with van der Waals surface area (Å²) in [7, 11) is 0. The maximum Gasteiger partial charge on any atom is 0.410 e. The molecule has 0 bridgehead atoms. The second-order valence-electron chi connectivity index (χ2n) is 5.70. The number of carbonyl (C=O) groups excluding carboxylic acids is 1. The van der Waals surface area contributed by atoms with Gasteiger partial charge in [-0.1, -0.05) is 30.3 Å². The highest BCUT2D eigenvalue weighted by Gasteiger charge is 2.23. The second kappa shape index (κ2) is 6.57. The molecule has 0 aliphatic heterocycles. The standard InChI is InChI=1S/C15H23NO3/c1-12(17)10-16(14(18)19-15(2,3)4)11-13-8-6-5-7-9-13/h5-9,12,17H,10-11H2,1-4H3/t12-/m1/s1. The summed E-state index contributed by atoms with van der Waals surface area (Å²) in [6.07, 6.45) is -0.992. The van der Waals surface area contributed by atoms with Gasteiger partial charge in [0.05, 0.1) is 12.6 Å². The van der Waals surface area contributed by atoms with Crippen LogP contribution in [0.2, 0.25) is 0 Å². The lowest BCUT2D eigenvalue weighted by molar-refractivity contribution is 0.0142. The molecule has 1 rings (SSSR count). The zero-order chi connectivity index (χ0) is 14.5. The van der Waals surface area contributed by atoms with Gasteiger partial charge < -0.3 is 14.7 Å². The quantitative estimate of drug-likeness (QED) is 0.910. The Hall–Kier alpha value is -1.55. The predicted octanol–water partition coefficient (Wildman–Crippen LogP) is 2.80. The molecule has 0 aliphatic rings. The van der Waals surface area contributed by atoms with Crippen molar-refractivity contribution in [2.75, 3.05) is 6.54 Å². The molecule has 4 nitrogen and oxygen atoms in total. The predicted molar refractivity (Wildman–Crippen MR) is 74.8 cm³/mol. The average molecular weight is 265 g/mol. The van der Waals surface area contributed by atoms with Gasteiger partial charge in [-0.2, -0.15) is 0 Å². The fraction of sp³-hybridized carbons (Fsp3) is 0.533. The summed E-state index contributed by atoms with van der Waals surface area (Å²) in [4.78, 5) is 13.6. The fourth-order valence-corrected chi connectivity index (χ4v) is 1.65. The number of aliphatic hydroxyl groups is 1. The summed E-state index contributed by atoms with van der Waals surface area (Å²) in [6.45, 7) is 7.82. The number of rotatable bonds is 4. The van der Waals surface area contributed by atoms with Crippen LogP contribution in [0.5, 0.6) is 0 Å². The van der Waals surface area contributed by atoms with Crippen molar-refractivity contribution < 1.29 is 14.6 Å². The molecular formula is C15H23NO3. The Morgan fingerprint density at radius 3 is 2.37 bits per heavy atom. The van der Waals surface area contributed by atoms with E-state index < -0.39 is 17.8 Å². The smallest absolute Gasteiger partial charge is 0.410 e. The van der Waals surface area contributed by atoms with Crippen LogP contribution < -0.4 is 0 Å². The minimum absolute atomic E-state index is 0.254. The second-order valence-corrected chi connectivity index (χ2v) is 5.70. The van der Waals surface area contributed by atoms with Gasteiger partial charge in [0.2, 0.25) is 0 Å². The van der Waals surface area contributed by atoms with E-state index in [0.29, 0.717) is 6.54 Å².